The Morgan fingerprint density at radius 2 is 2.40 bits per heavy atom. The number of benzene rings is 1. The van der Waals surface area contributed by atoms with E-state index in [0.29, 0.717) is 6.54 Å². The molecule has 1 aliphatic rings. The Hall–Kier alpha value is -1.71. The largest absolute Gasteiger partial charge is 0.476 e. The van der Waals surface area contributed by atoms with Crippen LogP contribution >= 0.6 is 0 Å². The summed E-state index contributed by atoms with van der Waals surface area (Å²) in [6, 6.07) is 5.87. The highest BCUT2D eigenvalue weighted by Crippen LogP contribution is 2.32. The van der Waals surface area contributed by atoms with E-state index in [1.54, 1.807) is 7.05 Å². The first kappa shape index (κ1) is 9.83. The maximum absolute atomic E-state index is 11.4. The minimum atomic E-state index is -0.441. The predicted molar refractivity (Wildman–Crippen MR) is 58.2 cm³/mol. The molecule has 1 aromatic rings. The highest BCUT2D eigenvalue weighted by molar-refractivity contribution is 5.82. The monoisotopic (exact) mass is 206 g/mol. The third-order valence-electron chi connectivity index (χ3n) is 2.49. The molecule has 4 nitrogen and oxygen atoms in total. The van der Waals surface area contributed by atoms with E-state index in [0.717, 1.165) is 17.0 Å². The molecule has 1 aliphatic heterocycles. The summed E-state index contributed by atoms with van der Waals surface area (Å²) in [6.07, 6.45) is -0.441. The molecular formula is C11H14N2O2. The molecule has 0 bridgehead atoms. The first-order chi connectivity index (χ1) is 7.22. The molecule has 0 radical (unpaired) electrons. The molecule has 1 aromatic carbocycles. The van der Waals surface area contributed by atoms with Crippen molar-refractivity contribution in [2.24, 2.45) is 0 Å². The minimum Gasteiger partial charge on any atom is -0.476 e. The van der Waals surface area contributed by atoms with Gasteiger partial charge in [-0.05, 0) is 18.6 Å². The molecule has 0 aliphatic carbocycles. The van der Waals surface area contributed by atoms with E-state index in [4.69, 9.17) is 4.74 Å². The zero-order chi connectivity index (χ0) is 10.8. The number of nitrogens with one attached hydrogen (secondary N) is 2. The second-order valence-electron chi connectivity index (χ2n) is 3.55. The van der Waals surface area contributed by atoms with Gasteiger partial charge < -0.3 is 15.4 Å². The SMILES string of the molecule is CNC(=O)C1CNc2cccc(C)c2O1. The fraction of sp³-hybridized carbons (Fsp3) is 0.364. The van der Waals surface area contributed by atoms with Crippen LogP contribution in [-0.4, -0.2) is 25.6 Å². The fourth-order valence-electron chi connectivity index (χ4n) is 1.64. The zero-order valence-corrected chi connectivity index (χ0v) is 8.83. The minimum absolute atomic E-state index is 0.101. The molecule has 1 atom stereocenters. The van der Waals surface area contributed by atoms with Crippen molar-refractivity contribution in [3.8, 4) is 5.75 Å². The number of carbonyl (C=O) groups is 1. The Kier molecular flexibility index (Phi) is 2.49. The average molecular weight is 206 g/mol. The van der Waals surface area contributed by atoms with E-state index < -0.39 is 6.10 Å². The molecule has 1 heterocycles. The number of hydrogen-bond acceptors (Lipinski definition) is 3. The van der Waals surface area contributed by atoms with Crippen molar-refractivity contribution in [2.75, 3.05) is 18.9 Å². The standard InChI is InChI=1S/C11H14N2O2/c1-7-4-3-5-8-10(7)15-9(6-13-8)11(14)12-2/h3-5,9,13H,6H2,1-2H3,(H,12,14). The Balaban J connectivity index is 2.26. The smallest absolute Gasteiger partial charge is 0.262 e. The number of rotatable bonds is 1. The summed E-state index contributed by atoms with van der Waals surface area (Å²) in [4.78, 5) is 11.4. The molecule has 80 valence electrons. The lowest BCUT2D eigenvalue weighted by Crippen LogP contribution is -2.43. The van der Waals surface area contributed by atoms with Crippen LogP contribution in [0.25, 0.3) is 0 Å². The van der Waals surface area contributed by atoms with Crippen LogP contribution in [0.3, 0.4) is 0 Å². The van der Waals surface area contributed by atoms with E-state index in [1.807, 2.05) is 25.1 Å². The number of ether oxygens (including phenoxy) is 1. The number of hydrogen-bond donors (Lipinski definition) is 2. The molecule has 15 heavy (non-hydrogen) atoms. The summed E-state index contributed by atoms with van der Waals surface area (Å²) < 4.78 is 5.64. The number of carbonyl (C=O) groups excluding carboxylic acids is 1. The molecule has 1 unspecified atom stereocenters. The molecule has 2 rings (SSSR count). The second-order valence-corrected chi connectivity index (χ2v) is 3.55. The second kappa shape index (κ2) is 3.81. The van der Waals surface area contributed by atoms with E-state index >= 15 is 0 Å². The third-order valence-corrected chi connectivity index (χ3v) is 2.49. The highest BCUT2D eigenvalue weighted by atomic mass is 16.5. The summed E-state index contributed by atoms with van der Waals surface area (Å²) in [5.74, 6) is 0.675. The van der Waals surface area contributed by atoms with Crippen LogP contribution in [0.2, 0.25) is 0 Å². The lowest BCUT2D eigenvalue weighted by atomic mass is 10.1. The maximum Gasteiger partial charge on any atom is 0.262 e. The predicted octanol–water partition coefficient (Wildman–Crippen LogP) is 0.914. The van der Waals surface area contributed by atoms with Crippen LogP contribution in [0.1, 0.15) is 5.56 Å². The average Bonchev–Trinajstić information content (AvgIpc) is 2.28. The number of para-hydroxylation sites is 1. The zero-order valence-electron chi connectivity index (χ0n) is 8.83. The van der Waals surface area contributed by atoms with Crippen molar-refractivity contribution in [1.29, 1.82) is 0 Å². The molecule has 0 saturated carbocycles. The van der Waals surface area contributed by atoms with Gasteiger partial charge in [0.2, 0.25) is 0 Å². The van der Waals surface area contributed by atoms with Gasteiger partial charge in [0, 0.05) is 7.05 Å². The van der Waals surface area contributed by atoms with Gasteiger partial charge in [-0.2, -0.15) is 0 Å². The number of amides is 1. The van der Waals surface area contributed by atoms with Crippen LogP contribution < -0.4 is 15.4 Å². The van der Waals surface area contributed by atoms with Gasteiger partial charge in [-0.15, -0.1) is 0 Å². The van der Waals surface area contributed by atoms with E-state index in [2.05, 4.69) is 10.6 Å². The van der Waals surface area contributed by atoms with E-state index in [9.17, 15) is 4.79 Å². The maximum atomic E-state index is 11.4. The highest BCUT2D eigenvalue weighted by Gasteiger charge is 2.25. The summed E-state index contributed by atoms with van der Waals surface area (Å²) >= 11 is 0. The van der Waals surface area contributed by atoms with Crippen LogP contribution in [0.4, 0.5) is 5.69 Å². The van der Waals surface area contributed by atoms with Crippen molar-refractivity contribution < 1.29 is 9.53 Å². The number of fused-ring (bicyclic) bond motifs is 1. The Labute approximate surface area is 88.6 Å². The number of anilines is 1. The fourth-order valence-corrected chi connectivity index (χ4v) is 1.64. The topological polar surface area (TPSA) is 50.4 Å². The van der Waals surface area contributed by atoms with Crippen molar-refractivity contribution in [3.05, 3.63) is 23.8 Å². The normalized spacial score (nSPS) is 18.4. The Bertz CT molecular complexity index is 390. The Morgan fingerprint density at radius 3 is 3.13 bits per heavy atom. The summed E-state index contributed by atoms with van der Waals surface area (Å²) in [7, 11) is 1.61. The van der Waals surface area contributed by atoms with Gasteiger partial charge in [-0.25, -0.2) is 0 Å². The van der Waals surface area contributed by atoms with Gasteiger partial charge in [0.15, 0.2) is 6.10 Å². The van der Waals surface area contributed by atoms with Gasteiger partial charge in [0.05, 0.1) is 12.2 Å². The summed E-state index contributed by atoms with van der Waals surface area (Å²) in [6.45, 7) is 2.48. The van der Waals surface area contributed by atoms with Crippen molar-refractivity contribution in [1.82, 2.24) is 5.32 Å². The lowest BCUT2D eigenvalue weighted by Gasteiger charge is -2.27. The first-order valence-electron chi connectivity index (χ1n) is 4.94. The molecule has 2 N–H and O–H groups in total. The molecule has 0 saturated heterocycles. The molecule has 0 spiro atoms. The van der Waals surface area contributed by atoms with Crippen LogP contribution in [0.5, 0.6) is 5.75 Å². The summed E-state index contributed by atoms with van der Waals surface area (Å²) in [5, 5.41) is 5.76. The first-order valence-corrected chi connectivity index (χ1v) is 4.94. The number of aryl methyl sites for hydroxylation is 1. The number of likely N-dealkylation sites (N-methyl/N-ethyl adjacent to an activating group) is 1. The van der Waals surface area contributed by atoms with Crippen molar-refractivity contribution in [3.63, 3.8) is 0 Å². The quantitative estimate of drug-likeness (QED) is 0.718. The van der Waals surface area contributed by atoms with Gasteiger partial charge in [-0.1, -0.05) is 12.1 Å². The van der Waals surface area contributed by atoms with Gasteiger partial charge in [0.25, 0.3) is 5.91 Å². The molecule has 1 amide bonds. The Morgan fingerprint density at radius 1 is 1.60 bits per heavy atom. The lowest BCUT2D eigenvalue weighted by molar-refractivity contribution is -0.127. The van der Waals surface area contributed by atoms with Crippen molar-refractivity contribution in [2.45, 2.75) is 13.0 Å². The van der Waals surface area contributed by atoms with Crippen LogP contribution in [0.15, 0.2) is 18.2 Å². The summed E-state index contributed by atoms with van der Waals surface area (Å²) in [5.41, 5.74) is 1.99. The van der Waals surface area contributed by atoms with Crippen molar-refractivity contribution >= 4 is 11.6 Å². The van der Waals surface area contributed by atoms with Gasteiger partial charge >= 0.3 is 0 Å². The molecule has 0 fully saturated rings. The molecule has 0 aromatic heterocycles. The van der Waals surface area contributed by atoms with E-state index in [-0.39, 0.29) is 5.91 Å². The van der Waals surface area contributed by atoms with Crippen LogP contribution in [0, 0.1) is 6.92 Å². The van der Waals surface area contributed by atoms with Gasteiger partial charge in [0.1, 0.15) is 5.75 Å². The van der Waals surface area contributed by atoms with Crippen LogP contribution in [-0.2, 0) is 4.79 Å². The van der Waals surface area contributed by atoms with E-state index in [1.165, 1.54) is 0 Å². The molecular weight excluding hydrogens is 192 g/mol. The molecule has 4 heteroatoms. The van der Waals surface area contributed by atoms with Gasteiger partial charge in [-0.3, -0.25) is 4.79 Å². The third kappa shape index (κ3) is 1.75.